The number of hydrogen-bond acceptors (Lipinski definition) is 5. The zero-order valence-corrected chi connectivity index (χ0v) is 14.1. The van der Waals surface area contributed by atoms with Crippen molar-refractivity contribution >= 4 is 39.7 Å². The van der Waals surface area contributed by atoms with Gasteiger partial charge in [0.05, 0.1) is 10.9 Å². The lowest BCUT2D eigenvalue weighted by Gasteiger charge is -2.15. The summed E-state index contributed by atoms with van der Waals surface area (Å²) in [5.41, 5.74) is 3.48. The highest BCUT2D eigenvalue weighted by atomic mass is 35.5. The number of halogens is 1. The summed E-state index contributed by atoms with van der Waals surface area (Å²) in [6.45, 7) is 7.18. The van der Waals surface area contributed by atoms with Crippen LogP contribution in [0.1, 0.15) is 18.9 Å². The van der Waals surface area contributed by atoms with Crippen molar-refractivity contribution in [3.8, 4) is 0 Å². The van der Waals surface area contributed by atoms with Gasteiger partial charge in [-0.1, -0.05) is 31.7 Å². The topological polar surface area (TPSA) is 62.7 Å². The summed E-state index contributed by atoms with van der Waals surface area (Å²) >= 11 is 6.03. The third kappa shape index (κ3) is 3.46. The highest BCUT2D eigenvalue weighted by Gasteiger charge is 2.10. The van der Waals surface area contributed by atoms with Crippen molar-refractivity contribution in [2.45, 2.75) is 13.3 Å². The van der Waals surface area contributed by atoms with Crippen molar-refractivity contribution in [2.75, 3.05) is 17.2 Å². The second-order valence-corrected chi connectivity index (χ2v) is 5.65. The molecule has 0 aliphatic carbocycles. The van der Waals surface area contributed by atoms with Gasteiger partial charge in [-0.2, -0.15) is 4.98 Å². The van der Waals surface area contributed by atoms with Crippen LogP contribution in [0, 0.1) is 0 Å². The highest BCUT2D eigenvalue weighted by Crippen LogP contribution is 2.27. The summed E-state index contributed by atoms with van der Waals surface area (Å²) in [5.74, 6) is 0.591. The zero-order chi connectivity index (χ0) is 16.9. The van der Waals surface area contributed by atoms with E-state index in [2.05, 4.69) is 39.1 Å². The van der Waals surface area contributed by atoms with Crippen molar-refractivity contribution < 1.29 is 0 Å². The summed E-state index contributed by atoms with van der Waals surface area (Å²) in [4.78, 5) is 12.6. The molecule has 0 aliphatic rings. The Hall–Kier alpha value is -2.66. The fourth-order valence-corrected chi connectivity index (χ4v) is 2.59. The van der Waals surface area contributed by atoms with Gasteiger partial charge in [-0.25, -0.2) is 4.98 Å². The van der Waals surface area contributed by atoms with Gasteiger partial charge in [0.1, 0.15) is 5.82 Å². The van der Waals surface area contributed by atoms with Crippen molar-refractivity contribution in [1.82, 2.24) is 15.0 Å². The first kappa shape index (κ1) is 16.2. The van der Waals surface area contributed by atoms with E-state index >= 15 is 0 Å². The summed E-state index contributed by atoms with van der Waals surface area (Å²) < 4.78 is 0. The number of hydrogen-bond donors (Lipinski definition) is 2. The van der Waals surface area contributed by atoms with Crippen LogP contribution in [0.25, 0.3) is 16.6 Å². The number of aromatic nitrogens is 3. The Kier molecular flexibility index (Phi) is 4.91. The van der Waals surface area contributed by atoms with Crippen LogP contribution in [0.15, 0.2) is 49.3 Å². The van der Waals surface area contributed by atoms with Crippen LogP contribution in [0.2, 0.25) is 5.28 Å². The predicted molar refractivity (Wildman–Crippen MR) is 100 cm³/mol. The number of anilines is 2. The number of fused-ring (bicyclic) bond motifs is 1. The Labute approximate surface area is 145 Å². The second kappa shape index (κ2) is 7.27. The molecule has 6 heteroatoms. The Bertz CT molecular complexity index is 878. The van der Waals surface area contributed by atoms with E-state index in [9.17, 15) is 0 Å². The average Bonchev–Trinajstić information content (AvgIpc) is 2.60. The van der Waals surface area contributed by atoms with E-state index in [4.69, 9.17) is 11.6 Å². The molecule has 0 aliphatic heterocycles. The molecule has 0 atom stereocenters. The molecule has 2 heterocycles. The van der Waals surface area contributed by atoms with Crippen LogP contribution in [0.4, 0.5) is 11.5 Å². The van der Waals surface area contributed by atoms with E-state index in [0.717, 1.165) is 40.8 Å². The van der Waals surface area contributed by atoms with Crippen LogP contribution < -0.4 is 10.6 Å². The van der Waals surface area contributed by atoms with Crippen molar-refractivity contribution in [1.29, 1.82) is 0 Å². The van der Waals surface area contributed by atoms with E-state index in [1.165, 1.54) is 0 Å². The van der Waals surface area contributed by atoms with E-state index in [-0.39, 0.29) is 5.28 Å². The number of nitrogens with one attached hydrogen (secondary N) is 2. The lowest BCUT2D eigenvalue weighted by atomic mass is 10.1. The van der Waals surface area contributed by atoms with Crippen LogP contribution in [-0.2, 0) is 0 Å². The summed E-state index contributed by atoms with van der Waals surface area (Å²) in [6, 6.07) is 9.82. The van der Waals surface area contributed by atoms with Gasteiger partial charge in [-0.15, -0.1) is 0 Å². The molecule has 5 nitrogen and oxygen atoms in total. The highest BCUT2D eigenvalue weighted by molar-refractivity contribution is 6.28. The molecule has 0 bridgehead atoms. The molecule has 0 amide bonds. The van der Waals surface area contributed by atoms with E-state index in [1.54, 1.807) is 18.5 Å². The predicted octanol–water partition coefficient (Wildman–Crippen LogP) is 4.58. The molecule has 0 unspecified atom stereocenters. The fourth-order valence-electron chi connectivity index (χ4n) is 2.41. The summed E-state index contributed by atoms with van der Waals surface area (Å²) in [6.07, 6.45) is 4.43. The monoisotopic (exact) mass is 339 g/mol. The van der Waals surface area contributed by atoms with Crippen molar-refractivity contribution in [3.05, 3.63) is 60.2 Å². The van der Waals surface area contributed by atoms with E-state index in [1.807, 2.05) is 24.3 Å². The van der Waals surface area contributed by atoms with Gasteiger partial charge in [-0.05, 0) is 30.2 Å². The van der Waals surface area contributed by atoms with Crippen molar-refractivity contribution in [2.24, 2.45) is 0 Å². The molecule has 3 aromatic rings. The molecular weight excluding hydrogens is 322 g/mol. The molecule has 3 rings (SSSR count). The average molecular weight is 340 g/mol. The zero-order valence-electron chi connectivity index (χ0n) is 13.4. The van der Waals surface area contributed by atoms with Gasteiger partial charge in [0, 0.05) is 35.9 Å². The number of pyridine rings is 1. The molecule has 0 radical (unpaired) electrons. The molecule has 0 saturated carbocycles. The number of para-hydroxylation sites is 1. The number of nitrogens with zero attached hydrogens (tertiary/aromatic N) is 3. The molecule has 2 N–H and O–H groups in total. The van der Waals surface area contributed by atoms with E-state index < -0.39 is 0 Å². The maximum atomic E-state index is 6.03. The Balaban J connectivity index is 1.94. The first-order valence-electron chi connectivity index (χ1n) is 7.75. The Morgan fingerprint density at radius 2 is 2.04 bits per heavy atom. The van der Waals surface area contributed by atoms with Gasteiger partial charge < -0.3 is 10.6 Å². The quantitative estimate of drug-likeness (QED) is 0.643. The first-order valence-corrected chi connectivity index (χ1v) is 8.13. The SMILES string of the molecule is C=C(Nc1nc(Cl)nc2ccncc12)c1ccccc1NCCC. The maximum absolute atomic E-state index is 6.03. The minimum Gasteiger partial charge on any atom is -0.385 e. The molecule has 0 fully saturated rings. The molecule has 0 spiro atoms. The van der Waals surface area contributed by atoms with Crippen LogP contribution in [-0.4, -0.2) is 21.5 Å². The Morgan fingerprint density at radius 3 is 2.88 bits per heavy atom. The standard InChI is InChI=1S/C18H18ClN5/c1-3-9-21-15-7-5-4-6-13(15)12(2)22-17-14-11-20-10-8-16(14)23-18(19)24-17/h4-8,10-11,21H,2-3,9H2,1H3,(H,22,23,24). The van der Waals surface area contributed by atoms with Gasteiger partial charge in [-0.3, -0.25) is 4.98 Å². The molecule has 1 aromatic carbocycles. The Morgan fingerprint density at radius 1 is 1.21 bits per heavy atom. The first-order chi connectivity index (χ1) is 11.7. The third-order valence-corrected chi connectivity index (χ3v) is 3.73. The normalized spacial score (nSPS) is 10.6. The molecule has 2 aromatic heterocycles. The minimum absolute atomic E-state index is 0.182. The van der Waals surface area contributed by atoms with Gasteiger partial charge in [0.25, 0.3) is 0 Å². The fraction of sp³-hybridized carbons (Fsp3) is 0.167. The van der Waals surface area contributed by atoms with Gasteiger partial charge >= 0.3 is 0 Å². The third-order valence-electron chi connectivity index (χ3n) is 3.56. The molecular formula is C18H18ClN5. The summed E-state index contributed by atoms with van der Waals surface area (Å²) in [5, 5.41) is 7.63. The van der Waals surface area contributed by atoms with E-state index in [0.29, 0.717) is 5.82 Å². The lowest BCUT2D eigenvalue weighted by molar-refractivity contribution is 0.979. The maximum Gasteiger partial charge on any atom is 0.224 e. The van der Waals surface area contributed by atoms with Gasteiger partial charge in [0.15, 0.2) is 0 Å². The molecule has 0 saturated heterocycles. The molecule has 122 valence electrons. The van der Waals surface area contributed by atoms with Crippen LogP contribution in [0.5, 0.6) is 0 Å². The summed E-state index contributed by atoms with van der Waals surface area (Å²) in [7, 11) is 0. The number of benzene rings is 1. The smallest absolute Gasteiger partial charge is 0.224 e. The largest absolute Gasteiger partial charge is 0.385 e. The second-order valence-electron chi connectivity index (χ2n) is 5.31. The number of rotatable bonds is 6. The van der Waals surface area contributed by atoms with Crippen molar-refractivity contribution in [3.63, 3.8) is 0 Å². The lowest BCUT2D eigenvalue weighted by Crippen LogP contribution is -2.06. The van der Waals surface area contributed by atoms with Crippen LogP contribution in [0.3, 0.4) is 0 Å². The minimum atomic E-state index is 0.182. The van der Waals surface area contributed by atoms with Crippen LogP contribution >= 0.6 is 11.6 Å². The van der Waals surface area contributed by atoms with Gasteiger partial charge in [0.2, 0.25) is 5.28 Å². The molecule has 24 heavy (non-hydrogen) atoms.